The Morgan fingerprint density at radius 2 is 1.65 bits per heavy atom. The number of phenolic OH excluding ortho intramolecular Hbond substituents is 1. The fourth-order valence-electron chi connectivity index (χ4n) is 22.7. The zero-order valence-corrected chi connectivity index (χ0v) is 55.2. The van der Waals surface area contributed by atoms with Crippen molar-refractivity contribution in [2.75, 3.05) is 24.7 Å². The summed E-state index contributed by atoms with van der Waals surface area (Å²) in [6, 6.07) is 7.27. The number of esters is 1. The molecule has 1 aromatic heterocycles. The predicted octanol–water partition coefficient (Wildman–Crippen LogP) is 6.73. The van der Waals surface area contributed by atoms with Crippen LogP contribution in [-0.2, 0) is 19.1 Å². The molecular weight excluding hydrogens is 1210 g/mol. The first-order valence-corrected chi connectivity index (χ1v) is 37.2. The van der Waals surface area contributed by atoms with Crippen LogP contribution in [0, 0.1) is 111 Å². The molecule has 92 heavy (non-hydrogen) atoms. The van der Waals surface area contributed by atoms with E-state index in [9.17, 15) is 45.6 Å². The number of carbonyl (C=O) groups excluding carboxylic acids is 3. The number of benzene rings is 1. The Labute approximate surface area is 548 Å². The molecule has 15 N–H and O–H groups in total. The summed E-state index contributed by atoms with van der Waals surface area (Å²) in [6.07, 6.45) is 8.17. The van der Waals surface area contributed by atoms with Crippen LogP contribution in [0.5, 0.6) is 5.75 Å². The van der Waals surface area contributed by atoms with E-state index in [1.807, 2.05) is 19.2 Å². The van der Waals surface area contributed by atoms with Gasteiger partial charge in [-0.2, -0.15) is 0 Å². The van der Waals surface area contributed by atoms with E-state index in [2.05, 4.69) is 35.1 Å². The molecule has 18 nitrogen and oxygen atoms in total. The van der Waals surface area contributed by atoms with Gasteiger partial charge in [0.1, 0.15) is 17.9 Å². The van der Waals surface area contributed by atoms with Gasteiger partial charge in [0.25, 0.3) is 0 Å². The van der Waals surface area contributed by atoms with Crippen LogP contribution in [-0.4, -0.2) is 147 Å². The van der Waals surface area contributed by atoms with Gasteiger partial charge in [0.2, 0.25) is 0 Å². The Hall–Kier alpha value is -4.40. The number of cyclic esters (lactones) is 1. The maximum atomic E-state index is 17.0. The van der Waals surface area contributed by atoms with E-state index in [4.69, 9.17) is 21.2 Å². The molecule has 20 heteroatoms. The third-order valence-corrected chi connectivity index (χ3v) is 28.9. The number of H-pyrrole nitrogens is 1. The summed E-state index contributed by atoms with van der Waals surface area (Å²) in [5.74, 6) is -0.941. The second-order valence-corrected chi connectivity index (χ2v) is 33.3. The van der Waals surface area contributed by atoms with Gasteiger partial charge in [0.15, 0.2) is 23.8 Å². The summed E-state index contributed by atoms with van der Waals surface area (Å²) in [5.41, 5.74) is 9.20. The van der Waals surface area contributed by atoms with Crippen LogP contribution in [0.25, 0.3) is 0 Å². The van der Waals surface area contributed by atoms with Gasteiger partial charge in [-0.15, -0.1) is 5.92 Å². The van der Waals surface area contributed by atoms with E-state index in [-0.39, 0.29) is 97.9 Å². The number of nitrogens with one attached hydrogen (secondary N) is 2. The van der Waals surface area contributed by atoms with Gasteiger partial charge in [-0.25, -0.2) is 0 Å². The van der Waals surface area contributed by atoms with E-state index in [1.54, 1.807) is 37.4 Å². The van der Waals surface area contributed by atoms with E-state index in [0.717, 1.165) is 56.1 Å². The minimum atomic E-state index is -2.11. The van der Waals surface area contributed by atoms with Crippen LogP contribution in [0.4, 0.5) is 0 Å². The average molecular weight is 1310 g/mol. The number of ketones is 2. The highest BCUT2D eigenvalue weighted by atomic mass is 33.1. The van der Waals surface area contributed by atoms with E-state index in [0.29, 0.717) is 55.1 Å². The highest BCUT2D eigenvalue weighted by molar-refractivity contribution is 8.76. The van der Waals surface area contributed by atoms with Gasteiger partial charge in [-0.1, -0.05) is 78.0 Å². The van der Waals surface area contributed by atoms with Crippen molar-refractivity contribution >= 4 is 45.1 Å². The number of carbonyl (C=O) groups is 3. The number of Topliss-reactive ketones (excluding diaryl/α,β-unsaturated/α-hetero) is 2. The topological polar surface area (TPSA) is 335 Å². The van der Waals surface area contributed by atoms with Crippen LogP contribution >= 0.6 is 21.6 Å². The molecule has 502 valence electrons. The molecule has 11 aliphatic rings. The zero-order chi connectivity index (χ0) is 64.9. The van der Waals surface area contributed by atoms with Crippen molar-refractivity contribution in [2.45, 2.75) is 196 Å². The molecule has 25 unspecified atom stereocenters. The average Bonchev–Trinajstić information content (AvgIpc) is 1.31. The number of fused-ring (bicyclic) bond motifs is 10. The number of rotatable bonds is 9. The summed E-state index contributed by atoms with van der Waals surface area (Å²) in [7, 11) is 3.03. The first-order valence-electron chi connectivity index (χ1n) is 34.7. The first-order chi connectivity index (χ1) is 44.1. The van der Waals surface area contributed by atoms with Crippen molar-refractivity contribution in [3.8, 4) is 17.6 Å². The lowest BCUT2D eigenvalue weighted by Crippen LogP contribution is -2.73. The smallest absolute Gasteiger partial charge is 0.314 e. The number of allylic oxidation sites excluding steroid dienone is 3. The molecule has 2 aliphatic heterocycles. The lowest BCUT2D eigenvalue weighted by atomic mass is 9.35. The molecule has 4 bridgehead atoms. The molecule has 3 heterocycles. The lowest BCUT2D eigenvalue weighted by molar-refractivity contribution is -0.239. The van der Waals surface area contributed by atoms with Crippen LogP contribution in [0.15, 0.2) is 70.6 Å². The monoisotopic (exact) mass is 1310 g/mol. The van der Waals surface area contributed by atoms with Crippen molar-refractivity contribution in [3.63, 3.8) is 0 Å². The fourth-order valence-corrected chi connectivity index (χ4v) is 25.5. The number of nitrogens with zero attached hydrogens (tertiary/aromatic N) is 1. The third-order valence-electron chi connectivity index (χ3n) is 26.4. The first kappa shape index (κ1) is 66.2. The Morgan fingerprint density at radius 1 is 0.891 bits per heavy atom. The molecule has 1 spiro atoms. The molecule has 1 aromatic carbocycles. The van der Waals surface area contributed by atoms with Gasteiger partial charge in [-0.05, 0) is 190 Å². The normalized spacial score (nSPS) is 44.8. The van der Waals surface area contributed by atoms with Crippen molar-refractivity contribution in [3.05, 3.63) is 76.8 Å². The molecule has 0 amide bonds. The number of ether oxygens (including phenoxy) is 1. The highest BCUT2D eigenvalue weighted by Gasteiger charge is 2.80. The molecule has 13 rings (SSSR count). The largest absolute Gasteiger partial charge is 0.508 e. The number of aromatic amines is 1. The number of aromatic hydroxyl groups is 1. The number of aromatic nitrogens is 1. The SMILES string of the molecule is CCC1OC(=O)C(c2cc[nH]c2)C1C1C#CCC2CC3(O)C4=C5NC(CO)C(=O)CC(c6ccc(O)cc6)CSSCC6C(O)C(O)CC(C7CCCC7)(C4C4CCC(CN=C(N)N)C3(C4)C2C(C)(O)C(O)CC(C(O)O)C2CC=C3CCC(C)CC3C2C1)C6C5=O. The Balaban J connectivity index is 1.04. The second kappa shape index (κ2) is 25.9. The number of aliphatic hydroxyl groups excluding tert-OH is 5. The van der Waals surface area contributed by atoms with Crippen molar-refractivity contribution in [2.24, 2.45) is 116 Å². The summed E-state index contributed by atoms with van der Waals surface area (Å²) in [4.78, 5) is 54.5. The zero-order valence-electron chi connectivity index (χ0n) is 53.5. The Morgan fingerprint density at radius 3 is 2.36 bits per heavy atom. The standard InChI is InChI=1S/C72H99N5O13S2/c1-4-55-57(58(67(87)90-55)42-22-23-75-31-42)39-8-7-9-41-29-72(89)61-59(40-14-18-45(32-76-68(73)74)71(72,28-40)65(41)69(3,88)56(82)27-50(66(85)86)47-21-17-38-13-12-36(2)24-48(38)49(47)25-39)70(44-10-5-6-11-44)30-54(81)63(83)51-35-92-91-34-43(37-15-19-46(79)20-16-37)26-53(80)52(33-78)77-62(61)64(84)60(51)70/h15-17,19-20,22-23,31,36,39-41,43-45,47-52,54-60,63,65-66,75,77-79,81-83,85-86,88-89H,4-6,9-14,18,21,24-30,32-35H2,1-3H3,(H4,73,74,76). The number of hydrogen-bond acceptors (Lipinski definition) is 17. The summed E-state index contributed by atoms with van der Waals surface area (Å²) in [5, 5.41) is 118. The quantitative estimate of drug-likeness (QED) is 0.0235. The number of guanidine groups is 1. The van der Waals surface area contributed by atoms with E-state index < -0.39 is 142 Å². The fraction of sp³-hybridized carbons (Fsp3) is 0.722. The van der Waals surface area contributed by atoms with Crippen LogP contribution in [0.1, 0.15) is 159 Å². The van der Waals surface area contributed by atoms with Gasteiger partial charge >= 0.3 is 5.97 Å². The molecular formula is C72H99N5O13S2. The van der Waals surface area contributed by atoms with Crippen molar-refractivity contribution < 1.29 is 65.1 Å². The molecule has 0 radical (unpaired) electrons. The number of hydrogen-bond donors (Lipinski definition) is 13. The second-order valence-electron chi connectivity index (χ2n) is 30.7. The van der Waals surface area contributed by atoms with E-state index in [1.165, 1.54) is 27.2 Å². The summed E-state index contributed by atoms with van der Waals surface area (Å²) >= 11 is 0. The molecule has 2 saturated heterocycles. The lowest BCUT2D eigenvalue weighted by Gasteiger charge is -2.70. The summed E-state index contributed by atoms with van der Waals surface area (Å²) < 4.78 is 6.33. The van der Waals surface area contributed by atoms with Crippen LogP contribution in [0.3, 0.4) is 0 Å². The van der Waals surface area contributed by atoms with Gasteiger partial charge in [0.05, 0.1) is 47.7 Å². The maximum Gasteiger partial charge on any atom is 0.314 e. The number of aliphatic hydroxyl groups is 8. The Bertz CT molecular complexity index is 3230. The molecule has 8 fully saturated rings. The Kier molecular flexibility index (Phi) is 18.6. The number of phenols is 1. The minimum absolute atomic E-state index is 0.00863. The minimum Gasteiger partial charge on any atom is -0.508 e. The van der Waals surface area contributed by atoms with Crippen molar-refractivity contribution in [1.29, 1.82) is 0 Å². The molecule has 2 aromatic rings. The summed E-state index contributed by atoms with van der Waals surface area (Å²) in [6.45, 7) is 5.21. The van der Waals surface area contributed by atoms with Gasteiger partial charge in [-0.3, -0.25) is 19.4 Å². The van der Waals surface area contributed by atoms with Crippen LogP contribution < -0.4 is 16.8 Å². The predicted molar refractivity (Wildman–Crippen MR) is 350 cm³/mol. The van der Waals surface area contributed by atoms with Gasteiger partial charge in [0, 0.05) is 90.1 Å². The van der Waals surface area contributed by atoms with Crippen LogP contribution in [0.2, 0.25) is 0 Å². The molecule has 6 saturated carbocycles. The number of nitrogens with two attached hydrogens (primary N) is 2. The van der Waals surface area contributed by atoms with Gasteiger partial charge < -0.3 is 72.5 Å². The maximum absolute atomic E-state index is 17.0. The number of aliphatic imine (C=N–C) groups is 1. The molecule has 9 aliphatic carbocycles. The van der Waals surface area contributed by atoms with E-state index >= 15 is 14.7 Å². The third kappa shape index (κ3) is 10.9. The highest BCUT2D eigenvalue weighted by Crippen LogP contribution is 2.79. The van der Waals surface area contributed by atoms with Crippen molar-refractivity contribution in [1.82, 2.24) is 10.3 Å². The molecule has 25 atom stereocenters.